The lowest BCUT2D eigenvalue weighted by atomic mass is 10.0. The van der Waals surface area contributed by atoms with Crippen LogP contribution in [0.4, 0.5) is 5.69 Å². The number of carbonyl (C=O) groups is 1. The monoisotopic (exact) mass is 424 g/mol. The number of rotatable bonds is 6. The number of benzene rings is 3. The van der Waals surface area contributed by atoms with Gasteiger partial charge in [-0.25, -0.2) is 0 Å². The first-order chi connectivity index (χ1) is 15.2. The zero-order chi connectivity index (χ0) is 23.3. The molecule has 4 nitrogen and oxygen atoms in total. The minimum absolute atomic E-state index is 0.0451. The van der Waals surface area contributed by atoms with E-state index >= 15 is 0 Å². The summed E-state index contributed by atoms with van der Waals surface area (Å²) in [5.41, 5.74) is 8.45. The van der Waals surface area contributed by atoms with Crippen LogP contribution in [0.1, 0.15) is 38.9 Å². The fourth-order valence-corrected chi connectivity index (χ4v) is 3.81. The third-order valence-electron chi connectivity index (χ3n) is 5.26. The number of hydrogen-bond acceptors (Lipinski definition) is 3. The highest BCUT2D eigenvalue weighted by Gasteiger charge is 2.10. The van der Waals surface area contributed by atoms with Crippen LogP contribution in [0.2, 0.25) is 0 Å². The van der Waals surface area contributed by atoms with Crippen molar-refractivity contribution < 1.29 is 9.53 Å². The summed E-state index contributed by atoms with van der Waals surface area (Å²) in [4.78, 5) is 12.6. The van der Waals surface area contributed by atoms with Crippen molar-refractivity contribution in [3.05, 3.63) is 99.1 Å². The summed E-state index contributed by atoms with van der Waals surface area (Å²) in [6.45, 7) is 10.7. The van der Waals surface area contributed by atoms with Gasteiger partial charge in [0, 0.05) is 5.69 Å². The number of carbonyl (C=O) groups excluding carboxylic acids is 1. The van der Waals surface area contributed by atoms with Gasteiger partial charge in [0.25, 0.3) is 5.91 Å². The molecule has 0 bridgehead atoms. The number of hydrogen-bond donors (Lipinski definition) is 1. The Morgan fingerprint density at radius 3 is 2.03 bits per heavy atom. The first-order valence-corrected chi connectivity index (χ1v) is 10.6. The molecular weight excluding hydrogens is 396 g/mol. The van der Waals surface area contributed by atoms with E-state index in [1.54, 1.807) is 6.08 Å². The van der Waals surface area contributed by atoms with Crippen LogP contribution in [0.5, 0.6) is 5.75 Å². The average molecular weight is 425 g/mol. The molecule has 0 aliphatic heterocycles. The number of nitrogens with one attached hydrogen (secondary N) is 1. The van der Waals surface area contributed by atoms with E-state index in [9.17, 15) is 10.1 Å². The second-order valence-electron chi connectivity index (χ2n) is 8.24. The van der Waals surface area contributed by atoms with E-state index in [0.717, 1.165) is 22.4 Å². The lowest BCUT2D eigenvalue weighted by Crippen LogP contribution is -2.13. The molecule has 4 heteroatoms. The van der Waals surface area contributed by atoms with E-state index in [2.05, 4.69) is 38.2 Å². The molecule has 32 heavy (non-hydrogen) atoms. The van der Waals surface area contributed by atoms with Gasteiger partial charge in [-0.2, -0.15) is 5.26 Å². The Morgan fingerprint density at radius 1 is 0.906 bits per heavy atom. The molecule has 3 aromatic carbocycles. The Hall–Kier alpha value is -3.84. The van der Waals surface area contributed by atoms with Gasteiger partial charge in [-0.05, 0) is 98.3 Å². The number of nitrogens with zero attached hydrogens (tertiary/aromatic N) is 1. The molecule has 0 aliphatic carbocycles. The molecule has 0 fully saturated rings. The molecule has 0 heterocycles. The van der Waals surface area contributed by atoms with Crippen molar-refractivity contribution in [3.63, 3.8) is 0 Å². The minimum Gasteiger partial charge on any atom is -0.489 e. The van der Waals surface area contributed by atoms with Crippen molar-refractivity contribution >= 4 is 17.7 Å². The standard InChI is InChI=1S/C28H28N2O2/c1-18-10-19(2)14-25(13-18)30-28(31)24(16-29)15-23-6-8-26(9-7-23)32-17-27-21(4)11-20(3)12-22(27)5/h6-15H,17H2,1-5H3,(H,30,31)/b24-15+. The summed E-state index contributed by atoms with van der Waals surface area (Å²) in [6.07, 6.45) is 1.58. The van der Waals surface area contributed by atoms with Crippen molar-refractivity contribution in [3.8, 4) is 11.8 Å². The molecule has 0 saturated heterocycles. The van der Waals surface area contributed by atoms with E-state index in [1.807, 2.05) is 62.4 Å². The molecule has 0 aromatic heterocycles. The van der Waals surface area contributed by atoms with Gasteiger partial charge in [-0.15, -0.1) is 0 Å². The summed E-state index contributed by atoms with van der Waals surface area (Å²) < 4.78 is 5.96. The third kappa shape index (κ3) is 5.86. The summed E-state index contributed by atoms with van der Waals surface area (Å²) in [5.74, 6) is 0.308. The smallest absolute Gasteiger partial charge is 0.266 e. The molecule has 0 unspecified atom stereocenters. The van der Waals surface area contributed by atoms with Gasteiger partial charge in [0.2, 0.25) is 0 Å². The number of ether oxygens (including phenoxy) is 1. The normalized spacial score (nSPS) is 11.1. The molecule has 1 amide bonds. The maximum absolute atomic E-state index is 12.6. The Bertz CT molecular complexity index is 1170. The average Bonchev–Trinajstić information content (AvgIpc) is 2.71. The largest absolute Gasteiger partial charge is 0.489 e. The van der Waals surface area contributed by atoms with Gasteiger partial charge in [-0.3, -0.25) is 4.79 Å². The summed E-state index contributed by atoms with van der Waals surface area (Å²) >= 11 is 0. The van der Waals surface area contributed by atoms with Crippen LogP contribution in [-0.4, -0.2) is 5.91 Å². The van der Waals surface area contributed by atoms with Crippen LogP contribution < -0.4 is 10.1 Å². The van der Waals surface area contributed by atoms with Crippen molar-refractivity contribution in [2.24, 2.45) is 0 Å². The van der Waals surface area contributed by atoms with E-state index in [4.69, 9.17) is 4.74 Å². The van der Waals surface area contributed by atoms with Crippen molar-refractivity contribution in [1.82, 2.24) is 0 Å². The van der Waals surface area contributed by atoms with Crippen molar-refractivity contribution in [2.75, 3.05) is 5.32 Å². The van der Waals surface area contributed by atoms with Gasteiger partial charge < -0.3 is 10.1 Å². The van der Waals surface area contributed by atoms with E-state index in [-0.39, 0.29) is 5.57 Å². The number of amides is 1. The molecule has 0 atom stereocenters. The van der Waals surface area contributed by atoms with Gasteiger partial charge in [-0.1, -0.05) is 35.9 Å². The first kappa shape index (κ1) is 22.8. The second kappa shape index (κ2) is 9.98. The van der Waals surface area contributed by atoms with Crippen molar-refractivity contribution in [1.29, 1.82) is 5.26 Å². The van der Waals surface area contributed by atoms with Crippen LogP contribution in [0.25, 0.3) is 6.08 Å². The number of aryl methyl sites for hydroxylation is 5. The molecule has 0 saturated carbocycles. The Labute approximate surface area is 190 Å². The van der Waals surface area contributed by atoms with E-state index < -0.39 is 5.91 Å². The summed E-state index contributed by atoms with van der Waals surface area (Å²) in [6, 6.07) is 19.5. The third-order valence-corrected chi connectivity index (χ3v) is 5.26. The Balaban J connectivity index is 1.69. The fourth-order valence-electron chi connectivity index (χ4n) is 3.81. The van der Waals surface area contributed by atoms with Crippen LogP contribution in [0.15, 0.2) is 60.2 Å². The van der Waals surface area contributed by atoms with Crippen molar-refractivity contribution in [2.45, 2.75) is 41.2 Å². The molecule has 0 spiro atoms. The second-order valence-corrected chi connectivity index (χ2v) is 8.24. The molecule has 0 aliphatic rings. The molecule has 0 radical (unpaired) electrons. The molecule has 162 valence electrons. The Morgan fingerprint density at radius 2 is 1.47 bits per heavy atom. The zero-order valence-corrected chi connectivity index (χ0v) is 19.2. The van der Waals surface area contributed by atoms with Crippen LogP contribution in [0, 0.1) is 45.9 Å². The predicted octanol–water partition coefficient (Wildman–Crippen LogP) is 6.35. The first-order valence-electron chi connectivity index (χ1n) is 10.6. The SMILES string of the molecule is Cc1cc(C)cc(NC(=O)/C(C#N)=C/c2ccc(OCc3c(C)cc(C)cc3C)cc2)c1. The van der Waals surface area contributed by atoms with E-state index in [1.165, 1.54) is 22.3 Å². The lowest BCUT2D eigenvalue weighted by molar-refractivity contribution is -0.112. The van der Waals surface area contributed by atoms with Gasteiger partial charge >= 0.3 is 0 Å². The Kier molecular flexibility index (Phi) is 7.12. The highest BCUT2D eigenvalue weighted by Crippen LogP contribution is 2.21. The molecule has 1 N–H and O–H groups in total. The number of anilines is 1. The molecule has 3 aromatic rings. The van der Waals surface area contributed by atoms with Crippen LogP contribution in [0.3, 0.4) is 0 Å². The van der Waals surface area contributed by atoms with Gasteiger partial charge in [0.05, 0.1) is 0 Å². The highest BCUT2D eigenvalue weighted by molar-refractivity contribution is 6.09. The molecule has 3 rings (SSSR count). The fraction of sp³-hybridized carbons (Fsp3) is 0.214. The van der Waals surface area contributed by atoms with Gasteiger partial charge in [0.1, 0.15) is 24.0 Å². The summed E-state index contributed by atoms with van der Waals surface area (Å²) in [7, 11) is 0. The topological polar surface area (TPSA) is 62.1 Å². The maximum atomic E-state index is 12.6. The van der Waals surface area contributed by atoms with Gasteiger partial charge in [0.15, 0.2) is 0 Å². The maximum Gasteiger partial charge on any atom is 0.266 e. The lowest BCUT2D eigenvalue weighted by Gasteiger charge is -2.13. The molecular formula is C28H28N2O2. The highest BCUT2D eigenvalue weighted by atomic mass is 16.5. The number of nitriles is 1. The van der Waals surface area contributed by atoms with Crippen LogP contribution in [-0.2, 0) is 11.4 Å². The summed E-state index contributed by atoms with van der Waals surface area (Å²) in [5, 5.41) is 12.3. The minimum atomic E-state index is -0.428. The quantitative estimate of drug-likeness (QED) is 0.370. The van der Waals surface area contributed by atoms with Crippen LogP contribution >= 0.6 is 0 Å². The zero-order valence-electron chi connectivity index (χ0n) is 19.2. The van der Waals surface area contributed by atoms with E-state index in [0.29, 0.717) is 12.3 Å². The predicted molar refractivity (Wildman–Crippen MR) is 130 cm³/mol.